The van der Waals surface area contributed by atoms with Crippen molar-refractivity contribution < 1.29 is 18.3 Å². The molecule has 2 fully saturated rings. The maximum absolute atomic E-state index is 14.0. The quantitative estimate of drug-likeness (QED) is 0.587. The van der Waals surface area contributed by atoms with Crippen LogP contribution in [0.4, 0.5) is 14.5 Å². The minimum absolute atomic E-state index is 0.0939. The van der Waals surface area contributed by atoms with Gasteiger partial charge in [0.15, 0.2) is 11.6 Å². The summed E-state index contributed by atoms with van der Waals surface area (Å²) in [5.41, 5.74) is 3.45. The molecule has 3 aromatic rings. The Hall–Kier alpha value is -3.26. The number of hydrogen-bond acceptors (Lipinski definition) is 4. The molecular weight excluding hydrogens is 438 g/mol. The van der Waals surface area contributed by atoms with Gasteiger partial charge in [-0.2, -0.15) is 5.10 Å². The van der Waals surface area contributed by atoms with E-state index in [0.29, 0.717) is 11.8 Å². The normalized spacial score (nSPS) is 20.1. The number of nitrogens with zero attached hydrogens (tertiary/aromatic N) is 3. The average molecular weight is 465 g/mol. The number of benzene rings is 2. The summed E-state index contributed by atoms with van der Waals surface area (Å²) < 4.78 is 35.7. The number of amides is 1. The van der Waals surface area contributed by atoms with E-state index in [-0.39, 0.29) is 23.6 Å². The Kier molecular flexibility index (Phi) is 5.13. The summed E-state index contributed by atoms with van der Waals surface area (Å²) in [6, 6.07) is 7.88. The molecule has 1 N–H and O–H groups in total. The lowest BCUT2D eigenvalue weighted by atomic mass is 9.92. The van der Waals surface area contributed by atoms with Crippen molar-refractivity contribution in [2.45, 2.75) is 44.7 Å². The second-order valence-corrected chi connectivity index (χ2v) is 9.51. The molecule has 6 nitrogen and oxygen atoms in total. The van der Waals surface area contributed by atoms with E-state index in [2.05, 4.69) is 17.3 Å². The first kappa shape index (κ1) is 21.3. The van der Waals surface area contributed by atoms with E-state index in [1.54, 1.807) is 6.20 Å². The zero-order chi connectivity index (χ0) is 23.4. The Morgan fingerprint density at radius 2 is 1.94 bits per heavy atom. The lowest BCUT2D eigenvalue weighted by Crippen LogP contribution is -2.43. The second kappa shape index (κ2) is 8.20. The predicted octanol–water partition coefficient (Wildman–Crippen LogP) is 4.84. The number of carbonyl (C=O) groups excluding carboxylic acids is 1. The molecule has 6 rings (SSSR count). The number of fused-ring (bicyclic) bond motifs is 1. The Balaban J connectivity index is 1.46. The number of nitrogens with one attached hydrogen (secondary N) is 1. The van der Waals surface area contributed by atoms with Gasteiger partial charge in [-0.15, -0.1) is 0 Å². The summed E-state index contributed by atoms with van der Waals surface area (Å²) >= 11 is 0. The van der Waals surface area contributed by atoms with Gasteiger partial charge >= 0.3 is 0 Å². The van der Waals surface area contributed by atoms with Crippen LogP contribution in [0.25, 0.3) is 11.1 Å². The summed E-state index contributed by atoms with van der Waals surface area (Å²) in [5.74, 6) is -0.859. The molecule has 1 aromatic heterocycles. The molecular formula is C26H26F2N4O2. The maximum Gasteiger partial charge on any atom is 0.230 e. The van der Waals surface area contributed by atoms with E-state index >= 15 is 0 Å². The van der Waals surface area contributed by atoms with Gasteiger partial charge in [0.2, 0.25) is 5.91 Å². The topological polar surface area (TPSA) is 59.4 Å². The smallest absolute Gasteiger partial charge is 0.230 e. The van der Waals surface area contributed by atoms with Crippen LogP contribution >= 0.6 is 0 Å². The number of carbonyl (C=O) groups is 1. The molecule has 3 heterocycles. The van der Waals surface area contributed by atoms with Gasteiger partial charge in [0.25, 0.3) is 0 Å². The summed E-state index contributed by atoms with van der Waals surface area (Å²) in [4.78, 5) is 15.0. The third-order valence-electron chi connectivity index (χ3n) is 7.07. The average Bonchev–Trinajstić information content (AvgIpc) is 3.54. The van der Waals surface area contributed by atoms with E-state index in [9.17, 15) is 13.6 Å². The molecule has 1 amide bonds. The van der Waals surface area contributed by atoms with E-state index in [1.165, 1.54) is 6.07 Å². The van der Waals surface area contributed by atoms with Gasteiger partial charge in [0.05, 0.1) is 17.9 Å². The third-order valence-corrected chi connectivity index (χ3v) is 7.07. The highest BCUT2D eigenvalue weighted by Crippen LogP contribution is 2.46. The highest BCUT2D eigenvalue weighted by Gasteiger charge is 2.39. The largest absolute Gasteiger partial charge is 0.456 e. The molecule has 1 aliphatic carbocycles. The first-order valence-corrected chi connectivity index (χ1v) is 11.9. The summed E-state index contributed by atoms with van der Waals surface area (Å²) in [7, 11) is 0. The van der Waals surface area contributed by atoms with Crippen molar-refractivity contribution in [3.8, 4) is 22.6 Å². The van der Waals surface area contributed by atoms with Crippen LogP contribution in [0.3, 0.4) is 0 Å². The Bertz CT molecular complexity index is 1270. The molecule has 0 unspecified atom stereocenters. The van der Waals surface area contributed by atoms with E-state index in [4.69, 9.17) is 4.74 Å². The lowest BCUT2D eigenvalue weighted by Gasteiger charge is -2.36. The van der Waals surface area contributed by atoms with Gasteiger partial charge in [0, 0.05) is 54.0 Å². The molecule has 1 saturated heterocycles. The highest BCUT2D eigenvalue weighted by molar-refractivity contribution is 5.99. The first-order chi connectivity index (χ1) is 16.5. The number of halogens is 2. The molecule has 0 bridgehead atoms. The molecule has 1 saturated carbocycles. The Morgan fingerprint density at radius 3 is 2.65 bits per heavy atom. The van der Waals surface area contributed by atoms with Crippen LogP contribution in [0, 0.1) is 17.6 Å². The maximum atomic E-state index is 14.0. The number of aromatic nitrogens is 2. The monoisotopic (exact) mass is 464 g/mol. The van der Waals surface area contributed by atoms with Gasteiger partial charge in [-0.3, -0.25) is 9.48 Å². The summed E-state index contributed by atoms with van der Waals surface area (Å²) in [6.45, 7) is 3.82. The fourth-order valence-corrected chi connectivity index (χ4v) is 4.81. The second-order valence-electron chi connectivity index (χ2n) is 9.51. The zero-order valence-corrected chi connectivity index (χ0v) is 18.9. The molecule has 34 heavy (non-hydrogen) atoms. The van der Waals surface area contributed by atoms with Gasteiger partial charge in [0.1, 0.15) is 11.5 Å². The van der Waals surface area contributed by atoms with Crippen molar-refractivity contribution in [2.75, 3.05) is 18.0 Å². The fourth-order valence-electron chi connectivity index (χ4n) is 4.81. The molecule has 0 radical (unpaired) electrons. The van der Waals surface area contributed by atoms with Crippen LogP contribution in [-0.4, -0.2) is 34.8 Å². The zero-order valence-electron chi connectivity index (χ0n) is 18.9. The van der Waals surface area contributed by atoms with Crippen molar-refractivity contribution in [1.29, 1.82) is 0 Å². The van der Waals surface area contributed by atoms with Crippen LogP contribution in [0.15, 0.2) is 42.7 Å². The number of hydrogen-bond donors (Lipinski definition) is 1. The van der Waals surface area contributed by atoms with Crippen molar-refractivity contribution in [3.63, 3.8) is 0 Å². The molecule has 176 valence electrons. The number of rotatable bonds is 5. The van der Waals surface area contributed by atoms with Crippen molar-refractivity contribution in [2.24, 2.45) is 5.92 Å². The van der Waals surface area contributed by atoms with E-state index in [1.807, 2.05) is 27.9 Å². The van der Waals surface area contributed by atoms with Crippen LogP contribution < -0.4 is 15.0 Å². The minimum Gasteiger partial charge on any atom is -0.456 e. The number of anilines is 1. The van der Waals surface area contributed by atoms with E-state index in [0.717, 1.165) is 73.3 Å². The van der Waals surface area contributed by atoms with Gasteiger partial charge in [-0.25, -0.2) is 8.78 Å². The Labute approximate surface area is 196 Å². The van der Waals surface area contributed by atoms with Gasteiger partial charge in [-0.1, -0.05) is 0 Å². The standard InChI is InChI=1S/C26H26F2N4O2/c1-15-2-6-21-24(32(15)26(33)16-3-4-16)9-7-20(17-11-30-31(14-17)18-12-29-13-18)25(21)34-19-5-8-22(27)23(28)10-19/h5,7-11,14-16,18,29H,2-4,6,12-13H2,1H3/t15-/m0/s1. The van der Waals surface area contributed by atoms with Gasteiger partial charge < -0.3 is 15.0 Å². The summed E-state index contributed by atoms with van der Waals surface area (Å²) in [6.07, 6.45) is 7.18. The third kappa shape index (κ3) is 3.66. The van der Waals surface area contributed by atoms with Crippen molar-refractivity contribution in [1.82, 2.24) is 15.1 Å². The van der Waals surface area contributed by atoms with Crippen LogP contribution in [0.2, 0.25) is 0 Å². The molecule has 0 spiro atoms. The van der Waals surface area contributed by atoms with Crippen LogP contribution in [0.1, 0.15) is 37.8 Å². The van der Waals surface area contributed by atoms with E-state index < -0.39 is 11.6 Å². The molecule has 8 heteroatoms. The highest BCUT2D eigenvalue weighted by atomic mass is 19.2. The molecule has 3 aliphatic rings. The minimum atomic E-state index is -0.965. The SMILES string of the molecule is C[C@H]1CCc2c(ccc(-c3cnn(C4CNC4)c3)c2Oc2ccc(F)c(F)c2)N1C(=O)C1CC1. The molecule has 2 aromatic carbocycles. The van der Waals surface area contributed by atoms with Crippen molar-refractivity contribution in [3.05, 3.63) is 59.9 Å². The Morgan fingerprint density at radius 1 is 1.12 bits per heavy atom. The number of ether oxygens (including phenoxy) is 1. The van der Waals surface area contributed by atoms with Gasteiger partial charge in [-0.05, 0) is 56.9 Å². The molecule has 2 aliphatic heterocycles. The molecule has 1 atom stereocenters. The fraction of sp³-hybridized carbons (Fsp3) is 0.385. The lowest BCUT2D eigenvalue weighted by molar-refractivity contribution is -0.120. The van der Waals surface area contributed by atoms with Crippen LogP contribution in [-0.2, 0) is 11.2 Å². The predicted molar refractivity (Wildman–Crippen MR) is 124 cm³/mol. The van der Waals surface area contributed by atoms with Crippen LogP contribution in [0.5, 0.6) is 11.5 Å². The first-order valence-electron chi connectivity index (χ1n) is 11.9. The van der Waals surface area contributed by atoms with Crippen molar-refractivity contribution >= 4 is 11.6 Å². The summed E-state index contributed by atoms with van der Waals surface area (Å²) in [5, 5.41) is 7.78.